The Morgan fingerprint density at radius 1 is 1.32 bits per heavy atom. The van der Waals surface area contributed by atoms with Crippen LogP contribution in [0.5, 0.6) is 17.2 Å². The minimum Gasteiger partial charge on any atom is -0.504 e. The average Bonchev–Trinajstić information content (AvgIpc) is 2.98. The van der Waals surface area contributed by atoms with Crippen molar-refractivity contribution in [2.45, 2.75) is 19.3 Å². The maximum absolute atomic E-state index is 12.4. The first-order valence-electron chi connectivity index (χ1n) is 8.67. The molecule has 148 valence electrons. The number of aryl methyl sites for hydroxylation is 1. The summed E-state index contributed by atoms with van der Waals surface area (Å²) >= 11 is 3.43. The van der Waals surface area contributed by atoms with Gasteiger partial charge in [-0.2, -0.15) is 0 Å². The molecule has 3 N–H and O–H groups in total. The number of hydrogen-bond acceptors (Lipinski definition) is 6. The van der Waals surface area contributed by atoms with Gasteiger partial charge in [-0.25, -0.2) is 0 Å². The Morgan fingerprint density at radius 2 is 2.11 bits per heavy atom. The van der Waals surface area contributed by atoms with Crippen molar-refractivity contribution < 1.29 is 19.4 Å². The Hall–Kier alpha value is -2.07. The average molecular weight is 512 g/mol. The number of carbonyl (C=O) groups excluding carboxylic acids is 1. The van der Waals surface area contributed by atoms with Gasteiger partial charge in [0.15, 0.2) is 17.0 Å². The number of anilines is 1. The molecule has 1 fully saturated rings. The zero-order valence-electron chi connectivity index (χ0n) is 15.7. The molecule has 1 saturated heterocycles. The van der Waals surface area contributed by atoms with Crippen LogP contribution in [-0.2, 0) is 4.79 Å². The number of phenols is 1. The first-order valence-corrected chi connectivity index (χ1v) is 10.6. The van der Waals surface area contributed by atoms with Crippen molar-refractivity contribution in [3.63, 3.8) is 0 Å². The molecule has 0 aromatic heterocycles. The van der Waals surface area contributed by atoms with Gasteiger partial charge < -0.3 is 25.2 Å². The van der Waals surface area contributed by atoms with E-state index in [9.17, 15) is 9.90 Å². The summed E-state index contributed by atoms with van der Waals surface area (Å²) in [5, 5.41) is 16.3. The maximum atomic E-state index is 12.4. The summed E-state index contributed by atoms with van der Waals surface area (Å²) in [5.74, 6) is 1.07. The Morgan fingerprint density at radius 3 is 2.82 bits per heavy atom. The van der Waals surface area contributed by atoms with Crippen molar-refractivity contribution in [2.24, 2.45) is 0 Å². The third kappa shape index (κ3) is 4.67. The first kappa shape index (κ1) is 20.7. The van der Waals surface area contributed by atoms with Gasteiger partial charge in [0.25, 0.3) is 5.91 Å². The van der Waals surface area contributed by atoms with Gasteiger partial charge in [-0.05, 0) is 77.9 Å². The van der Waals surface area contributed by atoms with E-state index in [2.05, 4.69) is 10.6 Å². The monoisotopic (exact) mass is 512 g/mol. The molecule has 2 aromatic carbocycles. The lowest BCUT2D eigenvalue weighted by atomic mass is 10.2. The van der Waals surface area contributed by atoms with Gasteiger partial charge >= 0.3 is 0 Å². The topological polar surface area (TPSA) is 79.8 Å². The molecular weight excluding hydrogens is 491 g/mol. The smallest absolute Gasteiger partial charge is 0.260 e. The van der Waals surface area contributed by atoms with Crippen LogP contribution in [0.3, 0.4) is 0 Å². The van der Waals surface area contributed by atoms with Crippen molar-refractivity contribution in [3.8, 4) is 17.2 Å². The number of phenolic OH excluding ortho intramolecular Hbond substituents is 1. The Kier molecular flexibility index (Phi) is 6.61. The zero-order valence-corrected chi connectivity index (χ0v) is 18.7. The molecule has 1 amide bonds. The van der Waals surface area contributed by atoms with Crippen LogP contribution in [0.4, 0.5) is 5.69 Å². The number of nitrogens with one attached hydrogen (secondary N) is 2. The lowest BCUT2D eigenvalue weighted by Gasteiger charge is -2.16. The predicted octanol–water partition coefficient (Wildman–Crippen LogP) is 4.31. The van der Waals surface area contributed by atoms with E-state index in [0.29, 0.717) is 26.6 Å². The van der Waals surface area contributed by atoms with Crippen molar-refractivity contribution in [1.82, 2.24) is 5.32 Å². The lowest BCUT2D eigenvalue weighted by molar-refractivity contribution is -0.116. The van der Waals surface area contributed by atoms with Crippen LogP contribution in [0.2, 0.25) is 0 Å². The predicted molar refractivity (Wildman–Crippen MR) is 121 cm³/mol. The minimum atomic E-state index is -0.308. The Balaban J connectivity index is 1.81. The molecule has 1 aliphatic rings. The summed E-state index contributed by atoms with van der Waals surface area (Å²) in [5.41, 5.74) is 2.39. The molecule has 3 rings (SSSR count). The third-order valence-electron chi connectivity index (χ3n) is 4.02. The summed E-state index contributed by atoms with van der Waals surface area (Å²) in [6.45, 7) is 4.30. The molecule has 0 radical (unpaired) electrons. The molecule has 0 aliphatic carbocycles. The highest BCUT2D eigenvalue weighted by molar-refractivity contribution is 14.1. The van der Waals surface area contributed by atoms with E-state index in [1.807, 2.05) is 60.7 Å². The number of amides is 1. The molecule has 1 heterocycles. The molecule has 1 atom stereocenters. The highest BCUT2D eigenvalue weighted by Gasteiger charge is 2.28. The van der Waals surface area contributed by atoms with Crippen LogP contribution in [0.25, 0.3) is 6.08 Å². The number of methoxy groups -OCH3 is 1. The fourth-order valence-electron chi connectivity index (χ4n) is 2.74. The van der Waals surface area contributed by atoms with Crippen LogP contribution >= 0.6 is 34.4 Å². The Bertz CT molecular complexity index is 933. The number of rotatable bonds is 6. The van der Waals surface area contributed by atoms with Crippen molar-refractivity contribution >= 4 is 52.0 Å². The number of hydrogen-bond donors (Lipinski definition) is 3. The van der Waals surface area contributed by atoms with Gasteiger partial charge in [0.1, 0.15) is 5.75 Å². The van der Waals surface area contributed by atoms with E-state index in [1.54, 1.807) is 19.3 Å². The zero-order chi connectivity index (χ0) is 20.3. The number of aromatic hydroxyl groups is 1. The SMILES string of the molecule is CCOc1cc(/C=C2\SC(Nc3cc(C)ccc3OC)NC2=O)cc(I)c1O. The summed E-state index contributed by atoms with van der Waals surface area (Å²) in [6, 6.07) is 9.38. The summed E-state index contributed by atoms with van der Waals surface area (Å²) in [4.78, 5) is 13.0. The van der Waals surface area contributed by atoms with Gasteiger partial charge in [-0.1, -0.05) is 17.8 Å². The van der Waals surface area contributed by atoms with Crippen molar-refractivity contribution in [3.05, 3.63) is 49.9 Å². The summed E-state index contributed by atoms with van der Waals surface area (Å²) in [7, 11) is 1.62. The van der Waals surface area contributed by atoms with Crippen molar-refractivity contribution in [1.29, 1.82) is 0 Å². The number of thioether (sulfide) groups is 1. The van der Waals surface area contributed by atoms with Crippen molar-refractivity contribution in [2.75, 3.05) is 19.0 Å². The van der Waals surface area contributed by atoms with E-state index in [4.69, 9.17) is 9.47 Å². The summed E-state index contributed by atoms with van der Waals surface area (Å²) in [6.07, 6.45) is 1.79. The fraction of sp³-hybridized carbons (Fsp3) is 0.250. The molecular formula is C20H21IN2O4S. The van der Waals surface area contributed by atoms with Crippen LogP contribution in [0.15, 0.2) is 35.2 Å². The largest absolute Gasteiger partial charge is 0.504 e. The molecule has 0 spiro atoms. The maximum Gasteiger partial charge on any atom is 0.260 e. The van der Waals surface area contributed by atoms with E-state index in [0.717, 1.165) is 16.8 Å². The third-order valence-corrected chi connectivity index (χ3v) is 5.87. The van der Waals surface area contributed by atoms with Crippen LogP contribution < -0.4 is 20.1 Å². The van der Waals surface area contributed by atoms with Gasteiger partial charge in [0.2, 0.25) is 0 Å². The van der Waals surface area contributed by atoms with Crippen LogP contribution in [-0.4, -0.2) is 30.2 Å². The first-order chi connectivity index (χ1) is 13.4. The molecule has 2 aromatic rings. The Labute approximate surface area is 181 Å². The van der Waals surface area contributed by atoms with Gasteiger partial charge in [-0.15, -0.1) is 0 Å². The quantitative estimate of drug-likeness (QED) is 0.396. The number of benzene rings is 2. The standard InChI is InChI=1S/C20H21IN2O4S/c1-4-27-16-9-12(8-13(21)18(16)24)10-17-19(25)23-20(28-17)22-14-7-11(2)5-6-15(14)26-3/h5-10,20,22,24H,4H2,1-3H3,(H,23,25)/b17-10-. The molecule has 1 aliphatic heterocycles. The van der Waals surface area contributed by atoms with Gasteiger partial charge in [0.05, 0.1) is 27.9 Å². The molecule has 1 unspecified atom stereocenters. The van der Waals surface area contributed by atoms with Crippen LogP contribution in [0, 0.1) is 10.5 Å². The second-order valence-electron chi connectivity index (χ2n) is 6.11. The molecule has 0 bridgehead atoms. The molecule has 28 heavy (non-hydrogen) atoms. The van der Waals surface area contributed by atoms with E-state index in [-0.39, 0.29) is 17.2 Å². The fourth-order valence-corrected chi connectivity index (χ4v) is 4.34. The molecule has 6 nitrogen and oxygen atoms in total. The molecule has 8 heteroatoms. The van der Waals surface area contributed by atoms with Gasteiger partial charge in [0, 0.05) is 0 Å². The highest BCUT2D eigenvalue weighted by Crippen LogP contribution is 2.36. The lowest BCUT2D eigenvalue weighted by Crippen LogP contribution is -2.31. The highest BCUT2D eigenvalue weighted by atomic mass is 127. The normalized spacial score (nSPS) is 17.5. The van der Waals surface area contributed by atoms with E-state index < -0.39 is 0 Å². The molecule has 0 saturated carbocycles. The van der Waals surface area contributed by atoms with E-state index in [1.165, 1.54) is 11.8 Å². The second-order valence-corrected chi connectivity index (χ2v) is 8.42. The van der Waals surface area contributed by atoms with Gasteiger partial charge in [-0.3, -0.25) is 4.79 Å². The number of ether oxygens (including phenoxy) is 2. The second kappa shape index (κ2) is 8.95. The summed E-state index contributed by atoms with van der Waals surface area (Å²) < 4.78 is 11.5. The number of carbonyl (C=O) groups is 1. The van der Waals surface area contributed by atoms with Crippen LogP contribution in [0.1, 0.15) is 18.1 Å². The van der Waals surface area contributed by atoms with E-state index >= 15 is 0 Å². The number of halogens is 1. The minimum absolute atomic E-state index is 0.110.